The lowest BCUT2D eigenvalue weighted by molar-refractivity contribution is -0.143. The molecule has 3 aliphatic heterocycles. The molecule has 2 amide bonds. The molecule has 0 radical (unpaired) electrons. The van der Waals surface area contributed by atoms with E-state index in [1.165, 1.54) is 4.90 Å². The molecular formula is C26H27N3O6. The molecule has 1 unspecified atom stereocenters. The van der Waals surface area contributed by atoms with Crippen LogP contribution in [0.25, 0.3) is 5.76 Å². The number of aliphatic hydroxyl groups excluding tert-OH is 1. The number of carbonyl (C=O) groups excluding carboxylic acids is 3. The van der Waals surface area contributed by atoms with Gasteiger partial charge in [-0.25, -0.2) is 0 Å². The largest absolute Gasteiger partial charge is 0.507 e. The van der Waals surface area contributed by atoms with Crippen LogP contribution in [0.2, 0.25) is 0 Å². The number of likely N-dealkylation sites (N-methyl/N-ethyl adjacent to an activating group) is 2. The minimum absolute atomic E-state index is 0.132. The highest BCUT2D eigenvalue weighted by molar-refractivity contribution is 6.50. The molecule has 3 aliphatic rings. The molecule has 9 heteroatoms. The molecule has 2 aromatic rings. The van der Waals surface area contributed by atoms with Gasteiger partial charge in [-0.15, -0.1) is 0 Å². The molecule has 9 nitrogen and oxygen atoms in total. The third-order valence-corrected chi connectivity index (χ3v) is 6.71. The fraction of sp³-hybridized carbons (Fsp3) is 0.346. The summed E-state index contributed by atoms with van der Waals surface area (Å²) in [6.45, 7) is 3.51. The van der Waals surface area contributed by atoms with Crippen molar-refractivity contribution in [2.75, 3.05) is 51.8 Å². The average Bonchev–Trinajstić information content (AvgIpc) is 3.24. The number of benzene rings is 2. The van der Waals surface area contributed by atoms with Crippen molar-refractivity contribution in [1.82, 2.24) is 9.80 Å². The number of fused-ring (bicyclic) bond motifs is 3. The fourth-order valence-electron chi connectivity index (χ4n) is 5.12. The summed E-state index contributed by atoms with van der Waals surface area (Å²) in [6, 6.07) is 11.9. The molecule has 182 valence electrons. The van der Waals surface area contributed by atoms with Crippen LogP contribution in [0.3, 0.4) is 0 Å². The topological polar surface area (TPSA) is 99.6 Å². The summed E-state index contributed by atoms with van der Waals surface area (Å²) in [5.41, 5.74) is -0.603. The molecule has 0 aromatic heterocycles. The molecule has 1 saturated heterocycles. The van der Waals surface area contributed by atoms with E-state index in [0.29, 0.717) is 49.1 Å². The Hall–Kier alpha value is -3.85. The standard InChI is InChI=1S/C26H27N3O6/c1-4-28-18-8-6-5-7-17(18)26(25(28)33)21(23(31)24(32)29(26)12-11-27(2)3)22(30)16-9-10-19-20(15-16)35-14-13-34-19/h5-10,15,30H,4,11-14H2,1-3H3. The number of nitrogens with zero attached hydrogens (tertiary/aromatic N) is 3. The zero-order chi connectivity index (χ0) is 24.9. The van der Waals surface area contributed by atoms with E-state index in [-0.39, 0.29) is 17.7 Å². The van der Waals surface area contributed by atoms with Gasteiger partial charge < -0.3 is 29.3 Å². The quantitative estimate of drug-likeness (QED) is 0.399. The van der Waals surface area contributed by atoms with Crippen LogP contribution in [0.15, 0.2) is 48.0 Å². The molecule has 3 heterocycles. The Bertz CT molecular complexity index is 1270. The first-order valence-corrected chi connectivity index (χ1v) is 11.6. The van der Waals surface area contributed by atoms with Gasteiger partial charge in [0.1, 0.15) is 19.0 Å². The van der Waals surface area contributed by atoms with Gasteiger partial charge in [-0.3, -0.25) is 14.4 Å². The lowest BCUT2D eigenvalue weighted by Crippen LogP contribution is -2.53. The van der Waals surface area contributed by atoms with Gasteiger partial charge in [0.2, 0.25) is 0 Å². The molecule has 1 fully saturated rings. The third-order valence-electron chi connectivity index (χ3n) is 6.71. The Morgan fingerprint density at radius 1 is 1.06 bits per heavy atom. The second kappa shape index (κ2) is 8.42. The Morgan fingerprint density at radius 3 is 2.49 bits per heavy atom. The van der Waals surface area contributed by atoms with Crippen LogP contribution in [-0.4, -0.2) is 79.4 Å². The van der Waals surface area contributed by atoms with Gasteiger partial charge in [0.25, 0.3) is 17.6 Å². The second-order valence-corrected chi connectivity index (χ2v) is 8.95. The normalized spacial score (nSPS) is 22.5. The summed E-state index contributed by atoms with van der Waals surface area (Å²) in [5, 5.41) is 11.5. The number of aliphatic hydroxyl groups is 1. The van der Waals surface area contributed by atoms with Crippen LogP contribution in [0.5, 0.6) is 11.5 Å². The highest BCUT2D eigenvalue weighted by Crippen LogP contribution is 2.53. The Labute approximate surface area is 203 Å². The Morgan fingerprint density at radius 2 is 1.77 bits per heavy atom. The van der Waals surface area contributed by atoms with Gasteiger partial charge >= 0.3 is 0 Å². The Balaban J connectivity index is 1.78. The van der Waals surface area contributed by atoms with Gasteiger partial charge in [0.15, 0.2) is 17.0 Å². The minimum Gasteiger partial charge on any atom is -0.507 e. The summed E-state index contributed by atoms with van der Waals surface area (Å²) in [6.07, 6.45) is 0. The predicted molar refractivity (Wildman–Crippen MR) is 128 cm³/mol. The van der Waals surface area contributed by atoms with Crippen molar-refractivity contribution in [3.8, 4) is 11.5 Å². The number of rotatable bonds is 5. The van der Waals surface area contributed by atoms with E-state index in [2.05, 4.69) is 0 Å². The molecule has 0 aliphatic carbocycles. The van der Waals surface area contributed by atoms with E-state index in [4.69, 9.17) is 9.47 Å². The number of para-hydroxylation sites is 1. The van der Waals surface area contributed by atoms with Crippen molar-refractivity contribution in [3.05, 3.63) is 59.2 Å². The second-order valence-electron chi connectivity index (χ2n) is 8.95. The van der Waals surface area contributed by atoms with Gasteiger partial charge in [-0.05, 0) is 45.3 Å². The first-order valence-electron chi connectivity index (χ1n) is 11.6. The highest BCUT2D eigenvalue weighted by Gasteiger charge is 2.66. The van der Waals surface area contributed by atoms with Gasteiger partial charge in [-0.1, -0.05) is 18.2 Å². The number of ether oxygens (including phenoxy) is 2. The first-order chi connectivity index (χ1) is 16.8. The third kappa shape index (κ3) is 3.22. The number of ketones is 1. The molecule has 0 saturated carbocycles. The summed E-state index contributed by atoms with van der Waals surface area (Å²) < 4.78 is 11.2. The molecule has 2 aromatic carbocycles. The lowest BCUT2D eigenvalue weighted by atomic mass is 9.82. The van der Waals surface area contributed by atoms with Crippen LogP contribution < -0.4 is 14.4 Å². The van der Waals surface area contributed by atoms with Gasteiger partial charge in [0.05, 0.1) is 11.3 Å². The average molecular weight is 478 g/mol. The molecule has 1 atom stereocenters. The maximum atomic E-state index is 14.1. The van der Waals surface area contributed by atoms with E-state index in [9.17, 15) is 19.5 Å². The van der Waals surface area contributed by atoms with Crippen molar-refractivity contribution < 1.29 is 29.0 Å². The number of likely N-dealkylation sites (tertiary alicyclic amines) is 1. The van der Waals surface area contributed by atoms with E-state index >= 15 is 0 Å². The summed E-state index contributed by atoms with van der Waals surface area (Å²) in [5.74, 6) is -1.62. The van der Waals surface area contributed by atoms with Crippen LogP contribution >= 0.6 is 0 Å². The molecule has 1 spiro atoms. The van der Waals surface area contributed by atoms with E-state index in [1.54, 1.807) is 47.4 Å². The van der Waals surface area contributed by atoms with E-state index in [0.717, 1.165) is 0 Å². The van der Waals surface area contributed by atoms with Crippen LogP contribution in [0.1, 0.15) is 18.1 Å². The zero-order valence-electron chi connectivity index (χ0n) is 19.9. The highest BCUT2D eigenvalue weighted by atomic mass is 16.6. The lowest BCUT2D eigenvalue weighted by Gasteiger charge is -2.35. The maximum absolute atomic E-state index is 14.1. The number of hydrogen-bond acceptors (Lipinski definition) is 7. The fourth-order valence-corrected chi connectivity index (χ4v) is 5.12. The smallest absolute Gasteiger partial charge is 0.296 e. The monoisotopic (exact) mass is 477 g/mol. The van der Waals surface area contributed by atoms with Crippen molar-refractivity contribution in [2.45, 2.75) is 12.5 Å². The molecular weight excluding hydrogens is 450 g/mol. The van der Waals surface area contributed by atoms with Gasteiger partial charge in [-0.2, -0.15) is 0 Å². The molecule has 35 heavy (non-hydrogen) atoms. The van der Waals surface area contributed by atoms with Crippen molar-refractivity contribution in [2.24, 2.45) is 0 Å². The molecule has 1 N–H and O–H groups in total. The number of amides is 2. The molecule has 0 bridgehead atoms. The van der Waals surface area contributed by atoms with E-state index in [1.807, 2.05) is 25.9 Å². The summed E-state index contributed by atoms with van der Waals surface area (Å²) >= 11 is 0. The van der Waals surface area contributed by atoms with Crippen LogP contribution in [0.4, 0.5) is 5.69 Å². The van der Waals surface area contributed by atoms with Crippen molar-refractivity contribution in [1.29, 1.82) is 0 Å². The molecule has 5 rings (SSSR count). The Kier molecular flexibility index (Phi) is 5.52. The number of carbonyl (C=O) groups is 3. The van der Waals surface area contributed by atoms with Crippen LogP contribution in [0, 0.1) is 0 Å². The first kappa shape index (κ1) is 22.9. The SMILES string of the molecule is CCN1C(=O)C2(C(=C(O)c3ccc4c(c3)OCCO4)C(=O)C(=O)N2CCN(C)C)c2ccccc21. The predicted octanol–water partition coefficient (Wildman–Crippen LogP) is 1.96. The van der Waals surface area contributed by atoms with E-state index < -0.39 is 28.9 Å². The van der Waals surface area contributed by atoms with Gasteiger partial charge in [0, 0.05) is 30.8 Å². The van der Waals surface area contributed by atoms with Crippen molar-refractivity contribution >= 4 is 29.0 Å². The maximum Gasteiger partial charge on any atom is 0.296 e. The van der Waals surface area contributed by atoms with Crippen molar-refractivity contribution in [3.63, 3.8) is 0 Å². The number of anilines is 1. The summed E-state index contributed by atoms with van der Waals surface area (Å²) in [7, 11) is 3.70. The zero-order valence-corrected chi connectivity index (χ0v) is 19.9. The summed E-state index contributed by atoms with van der Waals surface area (Å²) in [4.78, 5) is 45.8. The minimum atomic E-state index is -1.76. The number of Topliss-reactive ketones (excluding diaryl/α,β-unsaturated/α-hetero) is 1. The number of hydrogen-bond donors (Lipinski definition) is 1. The van der Waals surface area contributed by atoms with Crippen LogP contribution in [-0.2, 0) is 19.9 Å².